The molecule has 3 nitrogen and oxygen atoms in total. The Balaban J connectivity index is 1.80. The molecule has 2 aliphatic rings. The van der Waals surface area contributed by atoms with E-state index in [0.717, 1.165) is 25.0 Å². The SMILES string of the molecule is CCC1CC(N2CCC(C(C)N)CC2)CCO1. The van der Waals surface area contributed by atoms with Crippen molar-refractivity contribution >= 4 is 0 Å². The molecule has 0 bridgehead atoms. The number of hydrogen-bond acceptors (Lipinski definition) is 3. The normalized spacial score (nSPS) is 34.8. The van der Waals surface area contributed by atoms with Crippen LogP contribution in [-0.4, -0.2) is 42.8 Å². The molecule has 3 atom stereocenters. The van der Waals surface area contributed by atoms with Crippen molar-refractivity contribution in [1.29, 1.82) is 0 Å². The lowest BCUT2D eigenvalue weighted by Gasteiger charge is -2.41. The maximum atomic E-state index is 6.00. The average molecular weight is 240 g/mol. The van der Waals surface area contributed by atoms with Gasteiger partial charge in [0.2, 0.25) is 0 Å². The van der Waals surface area contributed by atoms with Crippen molar-refractivity contribution in [2.75, 3.05) is 19.7 Å². The van der Waals surface area contributed by atoms with Gasteiger partial charge >= 0.3 is 0 Å². The molecule has 2 fully saturated rings. The molecule has 0 spiro atoms. The third kappa shape index (κ3) is 3.43. The first-order chi connectivity index (χ1) is 8.20. The summed E-state index contributed by atoms with van der Waals surface area (Å²) in [6.07, 6.45) is 6.68. The maximum Gasteiger partial charge on any atom is 0.0587 e. The second-order valence-corrected chi connectivity index (χ2v) is 5.81. The van der Waals surface area contributed by atoms with Crippen molar-refractivity contribution in [3.63, 3.8) is 0 Å². The average Bonchev–Trinajstić information content (AvgIpc) is 2.39. The number of nitrogens with two attached hydrogens (primary N) is 1. The monoisotopic (exact) mass is 240 g/mol. The fourth-order valence-electron chi connectivity index (χ4n) is 3.29. The molecule has 0 aromatic rings. The highest BCUT2D eigenvalue weighted by Crippen LogP contribution is 2.26. The summed E-state index contributed by atoms with van der Waals surface area (Å²) in [6.45, 7) is 7.83. The first-order valence-electron chi connectivity index (χ1n) is 7.32. The third-order valence-electron chi connectivity index (χ3n) is 4.63. The van der Waals surface area contributed by atoms with Crippen LogP contribution in [0.1, 0.15) is 46.0 Å². The molecule has 2 saturated heterocycles. The minimum absolute atomic E-state index is 0.371. The Hall–Kier alpha value is -0.120. The molecule has 17 heavy (non-hydrogen) atoms. The van der Waals surface area contributed by atoms with E-state index in [4.69, 9.17) is 10.5 Å². The Morgan fingerprint density at radius 3 is 2.59 bits per heavy atom. The van der Waals surface area contributed by atoms with Crippen LogP contribution in [0.3, 0.4) is 0 Å². The van der Waals surface area contributed by atoms with Crippen molar-refractivity contribution in [3.05, 3.63) is 0 Å². The van der Waals surface area contributed by atoms with Crippen LogP contribution in [0.5, 0.6) is 0 Å². The standard InChI is InChI=1S/C14H28N2O/c1-3-14-10-13(6-9-17-14)16-7-4-12(5-8-16)11(2)15/h11-14H,3-10,15H2,1-2H3. The zero-order valence-electron chi connectivity index (χ0n) is 11.4. The van der Waals surface area contributed by atoms with Crippen molar-refractivity contribution in [3.8, 4) is 0 Å². The molecule has 0 aliphatic carbocycles. The summed E-state index contributed by atoms with van der Waals surface area (Å²) in [5.41, 5.74) is 6.00. The summed E-state index contributed by atoms with van der Waals surface area (Å²) in [7, 11) is 0. The number of rotatable bonds is 3. The van der Waals surface area contributed by atoms with Crippen molar-refractivity contribution < 1.29 is 4.74 Å². The summed E-state index contributed by atoms with van der Waals surface area (Å²) in [5, 5.41) is 0. The van der Waals surface area contributed by atoms with Crippen LogP contribution < -0.4 is 5.73 Å². The fourth-order valence-corrected chi connectivity index (χ4v) is 3.29. The number of hydrogen-bond donors (Lipinski definition) is 1. The number of nitrogens with zero attached hydrogens (tertiary/aromatic N) is 1. The second-order valence-electron chi connectivity index (χ2n) is 5.81. The van der Waals surface area contributed by atoms with Crippen LogP contribution in [0.15, 0.2) is 0 Å². The predicted octanol–water partition coefficient (Wildman–Crippen LogP) is 2.00. The molecule has 2 N–H and O–H groups in total. The zero-order chi connectivity index (χ0) is 12.3. The second kappa shape index (κ2) is 6.17. The smallest absolute Gasteiger partial charge is 0.0587 e. The molecule has 0 radical (unpaired) electrons. The summed E-state index contributed by atoms with van der Waals surface area (Å²) < 4.78 is 5.76. The van der Waals surface area contributed by atoms with Crippen LogP contribution in [0.4, 0.5) is 0 Å². The Labute approximate surface area is 106 Å². The van der Waals surface area contributed by atoms with Gasteiger partial charge in [0.25, 0.3) is 0 Å². The molecule has 0 saturated carbocycles. The van der Waals surface area contributed by atoms with Crippen LogP contribution in [0.25, 0.3) is 0 Å². The molecule has 0 amide bonds. The van der Waals surface area contributed by atoms with E-state index < -0.39 is 0 Å². The van der Waals surface area contributed by atoms with E-state index in [2.05, 4.69) is 18.7 Å². The molecule has 3 heteroatoms. The van der Waals surface area contributed by atoms with Crippen LogP contribution >= 0.6 is 0 Å². The fraction of sp³-hybridized carbons (Fsp3) is 1.00. The van der Waals surface area contributed by atoms with Gasteiger partial charge in [-0.2, -0.15) is 0 Å². The molecule has 2 rings (SSSR count). The largest absolute Gasteiger partial charge is 0.378 e. The van der Waals surface area contributed by atoms with E-state index in [1.165, 1.54) is 38.8 Å². The Morgan fingerprint density at radius 1 is 1.29 bits per heavy atom. The van der Waals surface area contributed by atoms with E-state index in [0.29, 0.717) is 12.1 Å². The van der Waals surface area contributed by atoms with Gasteiger partial charge < -0.3 is 15.4 Å². The lowest BCUT2D eigenvalue weighted by Crippen LogP contribution is -2.47. The highest BCUT2D eigenvalue weighted by molar-refractivity contribution is 4.84. The van der Waals surface area contributed by atoms with E-state index in [-0.39, 0.29) is 0 Å². The van der Waals surface area contributed by atoms with Crippen LogP contribution in [-0.2, 0) is 4.74 Å². The zero-order valence-corrected chi connectivity index (χ0v) is 11.4. The Morgan fingerprint density at radius 2 is 2.00 bits per heavy atom. The number of ether oxygens (including phenoxy) is 1. The highest BCUT2D eigenvalue weighted by Gasteiger charge is 2.30. The molecular weight excluding hydrogens is 212 g/mol. The Bertz CT molecular complexity index is 224. The molecule has 3 unspecified atom stereocenters. The van der Waals surface area contributed by atoms with Crippen molar-refractivity contribution in [2.24, 2.45) is 11.7 Å². The Kier molecular flexibility index (Phi) is 4.83. The van der Waals surface area contributed by atoms with Gasteiger partial charge in [0.15, 0.2) is 0 Å². The molecule has 2 heterocycles. The van der Waals surface area contributed by atoms with Crippen molar-refractivity contribution in [2.45, 2.75) is 64.1 Å². The predicted molar refractivity (Wildman–Crippen MR) is 71.0 cm³/mol. The molecule has 2 aliphatic heterocycles. The van der Waals surface area contributed by atoms with Crippen LogP contribution in [0, 0.1) is 5.92 Å². The first-order valence-corrected chi connectivity index (χ1v) is 7.32. The van der Waals surface area contributed by atoms with E-state index in [9.17, 15) is 0 Å². The van der Waals surface area contributed by atoms with Gasteiger partial charge in [-0.15, -0.1) is 0 Å². The summed E-state index contributed by atoms with van der Waals surface area (Å²) in [5.74, 6) is 0.744. The topological polar surface area (TPSA) is 38.5 Å². The van der Waals surface area contributed by atoms with Gasteiger partial charge in [-0.3, -0.25) is 0 Å². The van der Waals surface area contributed by atoms with Gasteiger partial charge in [0.05, 0.1) is 6.10 Å². The quantitative estimate of drug-likeness (QED) is 0.820. The van der Waals surface area contributed by atoms with Gasteiger partial charge in [-0.1, -0.05) is 6.92 Å². The first kappa shape index (κ1) is 13.3. The van der Waals surface area contributed by atoms with Crippen LogP contribution in [0.2, 0.25) is 0 Å². The van der Waals surface area contributed by atoms with Crippen molar-refractivity contribution in [1.82, 2.24) is 4.90 Å². The minimum atomic E-state index is 0.371. The summed E-state index contributed by atoms with van der Waals surface area (Å²) in [4.78, 5) is 2.68. The third-order valence-corrected chi connectivity index (χ3v) is 4.63. The lowest BCUT2D eigenvalue weighted by atomic mass is 9.89. The maximum absolute atomic E-state index is 6.00. The summed E-state index contributed by atoms with van der Waals surface area (Å²) >= 11 is 0. The molecule has 0 aromatic carbocycles. The van der Waals surface area contributed by atoms with E-state index in [1.807, 2.05) is 0 Å². The minimum Gasteiger partial charge on any atom is -0.378 e. The van der Waals surface area contributed by atoms with E-state index >= 15 is 0 Å². The highest BCUT2D eigenvalue weighted by atomic mass is 16.5. The number of piperidine rings is 1. The molecular formula is C14H28N2O. The lowest BCUT2D eigenvalue weighted by molar-refractivity contribution is -0.0352. The van der Waals surface area contributed by atoms with Gasteiger partial charge in [0, 0.05) is 18.7 Å². The van der Waals surface area contributed by atoms with Gasteiger partial charge in [-0.25, -0.2) is 0 Å². The van der Waals surface area contributed by atoms with E-state index in [1.54, 1.807) is 0 Å². The van der Waals surface area contributed by atoms with Gasteiger partial charge in [-0.05, 0) is 58.0 Å². The number of likely N-dealkylation sites (tertiary alicyclic amines) is 1. The van der Waals surface area contributed by atoms with Gasteiger partial charge in [0.1, 0.15) is 0 Å². The summed E-state index contributed by atoms with van der Waals surface area (Å²) in [6, 6.07) is 1.14. The molecule has 100 valence electrons. The molecule has 0 aromatic heterocycles.